The summed E-state index contributed by atoms with van der Waals surface area (Å²) >= 11 is 6.01. The number of ether oxygens (including phenoxy) is 1. The highest BCUT2D eigenvalue weighted by Crippen LogP contribution is 2.23. The second kappa shape index (κ2) is 7.66. The van der Waals surface area contributed by atoms with Crippen LogP contribution < -0.4 is 10.5 Å². The van der Waals surface area contributed by atoms with Crippen LogP contribution in [0.4, 0.5) is 0 Å². The number of hydrogen-bond donors (Lipinski definition) is 1. The van der Waals surface area contributed by atoms with Crippen LogP contribution in [0.5, 0.6) is 5.75 Å². The van der Waals surface area contributed by atoms with Crippen molar-refractivity contribution in [2.45, 2.75) is 32.2 Å². The molecule has 2 unspecified atom stereocenters. The van der Waals surface area contributed by atoms with Gasteiger partial charge in [0.25, 0.3) is 0 Å². The minimum absolute atomic E-state index is 0.132. The van der Waals surface area contributed by atoms with Crippen molar-refractivity contribution >= 4 is 17.5 Å². The molecule has 116 valence electrons. The first-order valence-electron chi connectivity index (χ1n) is 7.48. The predicted octanol–water partition coefficient (Wildman–Crippen LogP) is 2.69. The molecular formula is C16H23ClN2O2. The molecule has 0 spiro atoms. The third kappa shape index (κ3) is 4.61. The van der Waals surface area contributed by atoms with Gasteiger partial charge in [-0.15, -0.1) is 0 Å². The average molecular weight is 311 g/mol. The quantitative estimate of drug-likeness (QED) is 0.909. The van der Waals surface area contributed by atoms with Gasteiger partial charge in [-0.05, 0) is 37.8 Å². The van der Waals surface area contributed by atoms with Crippen LogP contribution in [-0.4, -0.2) is 36.5 Å². The van der Waals surface area contributed by atoms with E-state index >= 15 is 0 Å². The van der Waals surface area contributed by atoms with Gasteiger partial charge in [0, 0.05) is 19.1 Å². The number of carbonyl (C=O) groups excluding carboxylic acids is 1. The minimum atomic E-state index is 0.132. The molecule has 2 N–H and O–H groups in total. The van der Waals surface area contributed by atoms with Crippen molar-refractivity contribution in [1.29, 1.82) is 0 Å². The van der Waals surface area contributed by atoms with Gasteiger partial charge in [-0.2, -0.15) is 0 Å². The molecule has 0 bridgehead atoms. The van der Waals surface area contributed by atoms with Crippen LogP contribution in [0.15, 0.2) is 24.3 Å². The first kappa shape index (κ1) is 16.1. The van der Waals surface area contributed by atoms with Gasteiger partial charge in [0.1, 0.15) is 5.75 Å². The Kier molecular flexibility index (Phi) is 5.88. The molecule has 1 saturated heterocycles. The Morgan fingerprint density at radius 1 is 1.52 bits per heavy atom. The van der Waals surface area contributed by atoms with Crippen molar-refractivity contribution in [3.63, 3.8) is 0 Å². The molecule has 1 fully saturated rings. The monoisotopic (exact) mass is 310 g/mol. The number of piperidine rings is 1. The zero-order valence-electron chi connectivity index (χ0n) is 12.4. The van der Waals surface area contributed by atoms with Gasteiger partial charge in [-0.25, -0.2) is 0 Å². The molecule has 1 aliphatic rings. The van der Waals surface area contributed by atoms with E-state index in [-0.39, 0.29) is 11.9 Å². The van der Waals surface area contributed by atoms with Gasteiger partial charge in [0.05, 0.1) is 18.1 Å². The largest absolute Gasteiger partial charge is 0.491 e. The molecule has 0 saturated carbocycles. The summed E-state index contributed by atoms with van der Waals surface area (Å²) in [5.41, 5.74) is 5.94. The zero-order valence-corrected chi connectivity index (χ0v) is 13.2. The fourth-order valence-corrected chi connectivity index (χ4v) is 2.82. The first-order chi connectivity index (χ1) is 10.1. The van der Waals surface area contributed by atoms with Crippen molar-refractivity contribution in [2.75, 3.05) is 19.7 Å². The number of hydrogen-bond acceptors (Lipinski definition) is 3. The van der Waals surface area contributed by atoms with E-state index in [2.05, 4.69) is 0 Å². The smallest absolute Gasteiger partial charge is 0.226 e. The maximum Gasteiger partial charge on any atom is 0.226 e. The molecule has 2 rings (SSSR count). The van der Waals surface area contributed by atoms with E-state index in [4.69, 9.17) is 22.1 Å². The second-order valence-corrected chi connectivity index (χ2v) is 6.04. The fourth-order valence-electron chi connectivity index (χ4n) is 2.63. The van der Waals surface area contributed by atoms with E-state index in [0.717, 1.165) is 25.9 Å². The van der Waals surface area contributed by atoms with Gasteiger partial charge in [-0.3, -0.25) is 4.79 Å². The molecule has 0 radical (unpaired) electrons. The Balaban J connectivity index is 1.78. The van der Waals surface area contributed by atoms with Gasteiger partial charge in [-0.1, -0.05) is 23.7 Å². The predicted molar refractivity (Wildman–Crippen MR) is 84.5 cm³/mol. The summed E-state index contributed by atoms with van der Waals surface area (Å²) in [6, 6.07) is 7.43. The lowest BCUT2D eigenvalue weighted by molar-refractivity contribution is -0.133. The Labute approximate surface area is 131 Å². The second-order valence-electron chi connectivity index (χ2n) is 5.63. The third-order valence-corrected chi connectivity index (χ3v) is 4.28. The molecule has 1 amide bonds. The number of benzene rings is 1. The van der Waals surface area contributed by atoms with Crippen LogP contribution >= 0.6 is 11.6 Å². The lowest BCUT2D eigenvalue weighted by atomic mass is 9.92. The molecule has 21 heavy (non-hydrogen) atoms. The standard InChI is InChI=1S/C16H23ClN2O2/c1-12(18)13-5-4-9-19(11-13)16(20)8-10-21-15-7-3-2-6-14(15)17/h2-3,6-7,12-13H,4-5,8-11,18H2,1H3. The van der Waals surface area contributed by atoms with Crippen molar-refractivity contribution in [3.05, 3.63) is 29.3 Å². The number of nitrogens with zero attached hydrogens (tertiary/aromatic N) is 1. The van der Waals surface area contributed by atoms with E-state index in [1.807, 2.05) is 24.0 Å². The minimum Gasteiger partial charge on any atom is -0.491 e. The van der Waals surface area contributed by atoms with Crippen molar-refractivity contribution in [3.8, 4) is 5.75 Å². The highest BCUT2D eigenvalue weighted by atomic mass is 35.5. The highest BCUT2D eigenvalue weighted by Gasteiger charge is 2.25. The van der Waals surface area contributed by atoms with Crippen LogP contribution in [0.25, 0.3) is 0 Å². The van der Waals surface area contributed by atoms with Crippen molar-refractivity contribution < 1.29 is 9.53 Å². The Hall–Kier alpha value is -1.26. The molecule has 0 aliphatic carbocycles. The van der Waals surface area contributed by atoms with Crippen LogP contribution in [0, 0.1) is 5.92 Å². The number of likely N-dealkylation sites (tertiary alicyclic amines) is 1. The lowest BCUT2D eigenvalue weighted by Crippen LogP contribution is -2.45. The van der Waals surface area contributed by atoms with E-state index in [1.54, 1.807) is 12.1 Å². The summed E-state index contributed by atoms with van der Waals surface area (Å²) in [6.07, 6.45) is 2.51. The van der Waals surface area contributed by atoms with E-state index in [1.165, 1.54) is 0 Å². The normalized spacial score (nSPS) is 20.1. The van der Waals surface area contributed by atoms with Gasteiger partial charge in [0.2, 0.25) is 5.91 Å². The SMILES string of the molecule is CC(N)C1CCCN(C(=O)CCOc2ccccc2Cl)C1. The molecule has 1 aliphatic heterocycles. The van der Waals surface area contributed by atoms with Crippen LogP contribution in [-0.2, 0) is 4.79 Å². The average Bonchev–Trinajstić information content (AvgIpc) is 2.49. The summed E-state index contributed by atoms with van der Waals surface area (Å²) in [4.78, 5) is 14.1. The van der Waals surface area contributed by atoms with Crippen molar-refractivity contribution in [1.82, 2.24) is 4.90 Å². The van der Waals surface area contributed by atoms with E-state index < -0.39 is 0 Å². The number of nitrogens with two attached hydrogens (primary N) is 1. The summed E-state index contributed by atoms with van der Waals surface area (Å²) in [7, 11) is 0. The number of rotatable bonds is 5. The molecule has 4 nitrogen and oxygen atoms in total. The van der Waals surface area contributed by atoms with Gasteiger partial charge in [0.15, 0.2) is 0 Å². The Bertz CT molecular complexity index is 479. The van der Waals surface area contributed by atoms with E-state index in [0.29, 0.717) is 29.7 Å². The van der Waals surface area contributed by atoms with Crippen LogP contribution in [0.1, 0.15) is 26.2 Å². The van der Waals surface area contributed by atoms with Crippen LogP contribution in [0.3, 0.4) is 0 Å². The van der Waals surface area contributed by atoms with E-state index in [9.17, 15) is 4.79 Å². The fraction of sp³-hybridized carbons (Fsp3) is 0.562. The number of carbonyl (C=O) groups is 1. The molecule has 1 aromatic rings. The molecule has 2 atom stereocenters. The lowest BCUT2D eigenvalue weighted by Gasteiger charge is -2.34. The maximum atomic E-state index is 12.2. The topological polar surface area (TPSA) is 55.6 Å². The summed E-state index contributed by atoms with van der Waals surface area (Å²) in [6.45, 7) is 3.96. The van der Waals surface area contributed by atoms with Crippen molar-refractivity contribution in [2.24, 2.45) is 11.7 Å². The molecule has 1 heterocycles. The summed E-state index contributed by atoms with van der Waals surface area (Å²) in [5, 5.41) is 0.569. The molecule has 0 aromatic heterocycles. The molecule has 5 heteroatoms. The molecule has 1 aromatic carbocycles. The van der Waals surface area contributed by atoms with Gasteiger partial charge >= 0.3 is 0 Å². The summed E-state index contributed by atoms with van der Waals surface area (Å²) in [5.74, 6) is 1.17. The summed E-state index contributed by atoms with van der Waals surface area (Å²) < 4.78 is 5.57. The number of amides is 1. The number of para-hydroxylation sites is 1. The Morgan fingerprint density at radius 3 is 3.00 bits per heavy atom. The maximum absolute atomic E-state index is 12.2. The molecular weight excluding hydrogens is 288 g/mol. The highest BCUT2D eigenvalue weighted by molar-refractivity contribution is 6.32. The third-order valence-electron chi connectivity index (χ3n) is 3.96. The Morgan fingerprint density at radius 2 is 2.29 bits per heavy atom. The van der Waals surface area contributed by atoms with Crippen LogP contribution in [0.2, 0.25) is 5.02 Å². The van der Waals surface area contributed by atoms with Gasteiger partial charge < -0.3 is 15.4 Å². The number of halogens is 1. The first-order valence-corrected chi connectivity index (χ1v) is 7.86. The zero-order chi connectivity index (χ0) is 15.2.